The largest absolute Gasteiger partial charge is 0.343 e. The van der Waals surface area contributed by atoms with E-state index in [4.69, 9.17) is 0 Å². The molecule has 3 aromatic rings. The summed E-state index contributed by atoms with van der Waals surface area (Å²) in [6, 6.07) is 23.3. The highest BCUT2D eigenvalue weighted by Crippen LogP contribution is 2.24. The Balaban J connectivity index is 1.37. The summed E-state index contributed by atoms with van der Waals surface area (Å²) in [5.74, 6) is -0.196. The second-order valence-corrected chi connectivity index (χ2v) is 8.76. The number of para-hydroxylation sites is 1. The first-order valence-electron chi connectivity index (χ1n) is 10.2. The standard InChI is InChI=1S/C25H23FN2O2S/c26-20-12-10-18(11-13-20)15-23-25(30)28-22(16-31-23)24(29)27-21-9-5-4-8-19(21)14-17-6-2-1-3-7-17/h1-13,22-23H,14-16H2,(H,27,29)(H,28,30)/t22-,23+/m0/s1. The summed E-state index contributed by atoms with van der Waals surface area (Å²) in [5, 5.41) is 5.53. The van der Waals surface area contributed by atoms with Gasteiger partial charge in [-0.15, -0.1) is 11.8 Å². The molecule has 2 N–H and O–H groups in total. The van der Waals surface area contributed by atoms with Crippen LogP contribution in [0.5, 0.6) is 0 Å². The highest BCUT2D eigenvalue weighted by atomic mass is 32.2. The van der Waals surface area contributed by atoms with E-state index in [0.29, 0.717) is 18.6 Å². The molecule has 1 fully saturated rings. The van der Waals surface area contributed by atoms with Crippen molar-refractivity contribution >= 4 is 29.3 Å². The van der Waals surface area contributed by atoms with E-state index in [2.05, 4.69) is 22.8 Å². The third kappa shape index (κ3) is 5.52. The van der Waals surface area contributed by atoms with Crippen LogP contribution in [-0.4, -0.2) is 28.9 Å². The van der Waals surface area contributed by atoms with Crippen LogP contribution in [0.25, 0.3) is 0 Å². The molecule has 158 valence electrons. The van der Waals surface area contributed by atoms with E-state index in [9.17, 15) is 14.0 Å². The molecule has 4 rings (SSSR count). The van der Waals surface area contributed by atoms with Crippen LogP contribution in [0.15, 0.2) is 78.9 Å². The Morgan fingerprint density at radius 1 is 0.968 bits per heavy atom. The lowest BCUT2D eigenvalue weighted by Crippen LogP contribution is -2.52. The summed E-state index contributed by atoms with van der Waals surface area (Å²) in [5.41, 5.74) is 3.83. The second-order valence-electron chi connectivity index (χ2n) is 7.52. The van der Waals surface area contributed by atoms with Crippen molar-refractivity contribution in [2.24, 2.45) is 0 Å². The second kappa shape index (κ2) is 9.79. The van der Waals surface area contributed by atoms with Gasteiger partial charge in [-0.25, -0.2) is 4.39 Å². The van der Waals surface area contributed by atoms with Gasteiger partial charge < -0.3 is 10.6 Å². The predicted octanol–water partition coefficient (Wildman–Crippen LogP) is 4.20. The summed E-state index contributed by atoms with van der Waals surface area (Å²) in [6.07, 6.45) is 1.22. The molecular formula is C25H23FN2O2S. The maximum atomic E-state index is 13.1. The molecule has 0 bridgehead atoms. The quantitative estimate of drug-likeness (QED) is 0.611. The number of carbonyl (C=O) groups excluding carboxylic acids is 2. The third-order valence-corrected chi connectivity index (χ3v) is 6.55. The van der Waals surface area contributed by atoms with Gasteiger partial charge in [0.05, 0.1) is 5.25 Å². The molecular weight excluding hydrogens is 411 g/mol. The summed E-state index contributed by atoms with van der Waals surface area (Å²) in [7, 11) is 0. The van der Waals surface area contributed by atoms with Crippen molar-refractivity contribution in [3.8, 4) is 0 Å². The van der Waals surface area contributed by atoms with E-state index in [0.717, 1.165) is 22.4 Å². The van der Waals surface area contributed by atoms with Gasteiger partial charge in [0.1, 0.15) is 11.9 Å². The van der Waals surface area contributed by atoms with Crippen LogP contribution >= 0.6 is 11.8 Å². The van der Waals surface area contributed by atoms with Crippen molar-refractivity contribution in [2.75, 3.05) is 11.1 Å². The summed E-state index contributed by atoms with van der Waals surface area (Å²) < 4.78 is 13.1. The van der Waals surface area contributed by atoms with Gasteiger partial charge in [0, 0.05) is 11.4 Å². The number of thioether (sulfide) groups is 1. The fourth-order valence-corrected chi connectivity index (χ4v) is 4.74. The highest BCUT2D eigenvalue weighted by molar-refractivity contribution is 8.00. The van der Waals surface area contributed by atoms with Gasteiger partial charge in [-0.05, 0) is 47.7 Å². The highest BCUT2D eigenvalue weighted by Gasteiger charge is 2.32. The van der Waals surface area contributed by atoms with Crippen molar-refractivity contribution in [2.45, 2.75) is 24.1 Å². The molecule has 6 heteroatoms. The Bertz CT molecular complexity index is 1060. The summed E-state index contributed by atoms with van der Waals surface area (Å²) in [6.45, 7) is 0. The van der Waals surface area contributed by atoms with Crippen LogP contribution in [-0.2, 0) is 22.4 Å². The van der Waals surface area contributed by atoms with E-state index >= 15 is 0 Å². The first kappa shape index (κ1) is 21.1. The number of halogens is 1. The Morgan fingerprint density at radius 3 is 2.42 bits per heavy atom. The number of amides is 2. The normalized spacial score (nSPS) is 18.3. The van der Waals surface area contributed by atoms with Crippen LogP contribution in [0, 0.1) is 5.82 Å². The predicted molar refractivity (Wildman–Crippen MR) is 123 cm³/mol. The SMILES string of the molecule is O=C(Nc1ccccc1Cc1ccccc1)[C@@H]1CS[C@H](Cc2ccc(F)cc2)C(=O)N1. The molecule has 1 aliphatic rings. The lowest BCUT2D eigenvalue weighted by molar-refractivity contribution is -0.126. The molecule has 0 spiro atoms. The molecule has 0 unspecified atom stereocenters. The third-order valence-electron chi connectivity index (χ3n) is 5.24. The maximum Gasteiger partial charge on any atom is 0.247 e. The Kier molecular flexibility index (Phi) is 6.67. The zero-order valence-corrected chi connectivity index (χ0v) is 17.7. The molecule has 2 atom stereocenters. The van der Waals surface area contributed by atoms with Crippen molar-refractivity contribution in [1.82, 2.24) is 5.32 Å². The van der Waals surface area contributed by atoms with Gasteiger partial charge in [-0.3, -0.25) is 9.59 Å². The lowest BCUT2D eigenvalue weighted by Gasteiger charge is -2.28. The zero-order valence-electron chi connectivity index (χ0n) is 16.9. The van der Waals surface area contributed by atoms with Gasteiger partial charge in [0.2, 0.25) is 11.8 Å². The Hall–Kier alpha value is -3.12. The maximum absolute atomic E-state index is 13.1. The number of rotatable bonds is 6. The molecule has 0 radical (unpaired) electrons. The molecule has 2 amide bonds. The van der Waals surface area contributed by atoms with Gasteiger partial charge in [0.15, 0.2) is 0 Å². The van der Waals surface area contributed by atoms with Gasteiger partial charge in [0.25, 0.3) is 0 Å². The number of carbonyl (C=O) groups is 2. The number of hydrogen-bond donors (Lipinski definition) is 2. The molecule has 4 nitrogen and oxygen atoms in total. The average molecular weight is 435 g/mol. The smallest absolute Gasteiger partial charge is 0.247 e. The van der Waals surface area contributed by atoms with E-state index in [1.54, 1.807) is 12.1 Å². The molecule has 3 aromatic carbocycles. The van der Waals surface area contributed by atoms with E-state index in [1.165, 1.54) is 23.9 Å². The Labute approximate surface area is 185 Å². The fraction of sp³-hybridized carbons (Fsp3) is 0.200. The first-order chi connectivity index (χ1) is 15.1. The molecule has 1 aliphatic heterocycles. The molecule has 1 heterocycles. The average Bonchev–Trinajstić information content (AvgIpc) is 2.78. The number of anilines is 1. The van der Waals surface area contributed by atoms with E-state index in [-0.39, 0.29) is 22.9 Å². The van der Waals surface area contributed by atoms with Crippen molar-refractivity contribution < 1.29 is 14.0 Å². The van der Waals surface area contributed by atoms with Crippen molar-refractivity contribution in [1.29, 1.82) is 0 Å². The molecule has 31 heavy (non-hydrogen) atoms. The van der Waals surface area contributed by atoms with Crippen LogP contribution < -0.4 is 10.6 Å². The van der Waals surface area contributed by atoms with E-state index < -0.39 is 6.04 Å². The first-order valence-corrected chi connectivity index (χ1v) is 11.2. The van der Waals surface area contributed by atoms with E-state index in [1.807, 2.05) is 42.5 Å². The van der Waals surface area contributed by atoms with Gasteiger partial charge >= 0.3 is 0 Å². The molecule has 1 saturated heterocycles. The molecule has 0 aromatic heterocycles. The minimum Gasteiger partial charge on any atom is -0.343 e. The zero-order chi connectivity index (χ0) is 21.6. The minimum atomic E-state index is -0.591. The van der Waals surface area contributed by atoms with Crippen LogP contribution in [0.2, 0.25) is 0 Å². The monoisotopic (exact) mass is 434 g/mol. The van der Waals surface area contributed by atoms with Crippen LogP contribution in [0.1, 0.15) is 16.7 Å². The Morgan fingerprint density at radius 2 is 1.68 bits per heavy atom. The number of benzene rings is 3. The molecule has 0 saturated carbocycles. The minimum absolute atomic E-state index is 0.168. The number of hydrogen-bond acceptors (Lipinski definition) is 3. The fourth-order valence-electron chi connectivity index (χ4n) is 3.55. The van der Waals surface area contributed by atoms with Crippen molar-refractivity contribution in [3.63, 3.8) is 0 Å². The van der Waals surface area contributed by atoms with Crippen LogP contribution in [0.4, 0.5) is 10.1 Å². The molecule has 0 aliphatic carbocycles. The summed E-state index contributed by atoms with van der Waals surface area (Å²) in [4.78, 5) is 25.4. The summed E-state index contributed by atoms with van der Waals surface area (Å²) >= 11 is 1.46. The lowest BCUT2D eigenvalue weighted by atomic mass is 10.0. The topological polar surface area (TPSA) is 58.2 Å². The van der Waals surface area contributed by atoms with Gasteiger partial charge in [-0.1, -0.05) is 60.7 Å². The van der Waals surface area contributed by atoms with Crippen molar-refractivity contribution in [3.05, 3.63) is 101 Å². The van der Waals surface area contributed by atoms with Gasteiger partial charge in [-0.2, -0.15) is 0 Å². The number of nitrogens with one attached hydrogen (secondary N) is 2. The van der Waals surface area contributed by atoms with Crippen LogP contribution in [0.3, 0.4) is 0 Å².